The van der Waals surface area contributed by atoms with E-state index >= 15 is 0 Å². The summed E-state index contributed by atoms with van der Waals surface area (Å²) in [5, 5.41) is 4.94. The van der Waals surface area contributed by atoms with Crippen molar-refractivity contribution in [2.24, 2.45) is 7.05 Å². The molecule has 172 valence electrons. The van der Waals surface area contributed by atoms with E-state index in [1.165, 1.54) is 0 Å². The Hall–Kier alpha value is -3.30. The van der Waals surface area contributed by atoms with Crippen LogP contribution in [0.3, 0.4) is 0 Å². The summed E-state index contributed by atoms with van der Waals surface area (Å²) >= 11 is 0. The van der Waals surface area contributed by atoms with Gasteiger partial charge in [0.1, 0.15) is 6.10 Å². The van der Waals surface area contributed by atoms with Gasteiger partial charge in [-0.25, -0.2) is 4.98 Å². The highest BCUT2D eigenvalue weighted by atomic mass is 16.5. The van der Waals surface area contributed by atoms with Gasteiger partial charge in [-0.15, -0.1) is 0 Å². The molecule has 0 bridgehead atoms. The van der Waals surface area contributed by atoms with Crippen LogP contribution in [0.2, 0.25) is 0 Å². The minimum absolute atomic E-state index is 0.0158. The summed E-state index contributed by atoms with van der Waals surface area (Å²) < 4.78 is 7.64. The highest BCUT2D eigenvalue weighted by Gasteiger charge is 2.30. The fourth-order valence-electron chi connectivity index (χ4n) is 4.44. The standard InChI is InChI=1S/C24H28N6O3/c1-27-7-9-29(10-8-27)24(32)19-13-21(26-20-6-4-3-5-18(19)20)22-16-30(11-12-33-22)23(31)17-14-25-28(2)15-17/h3-6,13-15,22H,7-12,16H2,1-2H3/t22-/m0/s1. The number of morpholine rings is 1. The second-order valence-electron chi connectivity index (χ2n) is 8.72. The average molecular weight is 449 g/mol. The second-order valence-corrected chi connectivity index (χ2v) is 8.72. The Bertz CT molecular complexity index is 1180. The Labute approximate surface area is 192 Å². The van der Waals surface area contributed by atoms with Gasteiger partial charge in [0.15, 0.2) is 0 Å². The SMILES string of the molecule is CN1CCN(C(=O)c2cc([C@@H]3CN(C(=O)c4cnn(C)c4)CCO3)nc3ccccc23)CC1. The zero-order valence-electron chi connectivity index (χ0n) is 19.0. The molecule has 0 saturated carbocycles. The van der Waals surface area contributed by atoms with Crippen molar-refractivity contribution in [1.29, 1.82) is 0 Å². The van der Waals surface area contributed by atoms with Crippen molar-refractivity contribution in [3.05, 3.63) is 59.5 Å². The van der Waals surface area contributed by atoms with E-state index in [9.17, 15) is 9.59 Å². The van der Waals surface area contributed by atoms with Crippen molar-refractivity contribution in [2.45, 2.75) is 6.10 Å². The number of aryl methyl sites for hydroxylation is 1. The number of rotatable bonds is 3. The molecule has 0 aliphatic carbocycles. The Morgan fingerprint density at radius 1 is 1.00 bits per heavy atom. The van der Waals surface area contributed by atoms with Crippen LogP contribution in [0, 0.1) is 0 Å². The number of pyridine rings is 1. The summed E-state index contributed by atoms with van der Waals surface area (Å²) in [6, 6.07) is 9.56. The van der Waals surface area contributed by atoms with Gasteiger partial charge in [0, 0.05) is 51.4 Å². The molecule has 2 amide bonds. The van der Waals surface area contributed by atoms with E-state index in [2.05, 4.69) is 17.0 Å². The lowest BCUT2D eigenvalue weighted by atomic mass is 10.0. The fraction of sp³-hybridized carbons (Fsp3) is 0.417. The summed E-state index contributed by atoms with van der Waals surface area (Å²) in [7, 11) is 3.86. The number of ether oxygens (including phenoxy) is 1. The number of amides is 2. The zero-order valence-corrected chi connectivity index (χ0v) is 19.0. The Balaban J connectivity index is 1.44. The lowest BCUT2D eigenvalue weighted by molar-refractivity contribution is -0.0246. The number of benzene rings is 1. The maximum Gasteiger partial charge on any atom is 0.257 e. The number of hydrogen-bond acceptors (Lipinski definition) is 6. The minimum Gasteiger partial charge on any atom is -0.368 e. The number of fused-ring (bicyclic) bond motifs is 1. The summed E-state index contributed by atoms with van der Waals surface area (Å²) in [5.74, 6) is -0.0621. The highest BCUT2D eigenvalue weighted by molar-refractivity contribution is 6.06. The van der Waals surface area contributed by atoms with Crippen LogP contribution >= 0.6 is 0 Å². The quantitative estimate of drug-likeness (QED) is 0.605. The molecule has 1 aromatic carbocycles. The number of nitrogens with zero attached hydrogens (tertiary/aromatic N) is 6. The second kappa shape index (κ2) is 8.92. The highest BCUT2D eigenvalue weighted by Crippen LogP contribution is 2.27. The molecule has 1 atom stereocenters. The average Bonchev–Trinajstić information content (AvgIpc) is 3.29. The Kier molecular flexibility index (Phi) is 5.82. The van der Waals surface area contributed by atoms with Crippen LogP contribution in [0.5, 0.6) is 0 Å². The van der Waals surface area contributed by atoms with Crippen molar-refractivity contribution < 1.29 is 14.3 Å². The maximum absolute atomic E-state index is 13.5. The number of likely N-dealkylation sites (N-methyl/N-ethyl adjacent to an activating group) is 1. The van der Waals surface area contributed by atoms with Crippen LogP contribution in [0.1, 0.15) is 32.5 Å². The summed E-state index contributed by atoms with van der Waals surface area (Å²) in [6.07, 6.45) is 2.89. The molecule has 9 nitrogen and oxygen atoms in total. The van der Waals surface area contributed by atoms with Gasteiger partial charge in [0.05, 0.1) is 41.7 Å². The van der Waals surface area contributed by atoms with Gasteiger partial charge in [-0.3, -0.25) is 14.3 Å². The summed E-state index contributed by atoms with van der Waals surface area (Å²) in [6.45, 7) is 4.42. The number of carbonyl (C=O) groups is 2. The van der Waals surface area contributed by atoms with E-state index in [4.69, 9.17) is 9.72 Å². The lowest BCUT2D eigenvalue weighted by Gasteiger charge is -2.34. The lowest BCUT2D eigenvalue weighted by Crippen LogP contribution is -2.47. The third kappa shape index (κ3) is 4.34. The van der Waals surface area contributed by atoms with Crippen LogP contribution in [0.15, 0.2) is 42.7 Å². The fourth-order valence-corrected chi connectivity index (χ4v) is 4.44. The van der Waals surface area contributed by atoms with Gasteiger partial charge < -0.3 is 19.4 Å². The van der Waals surface area contributed by atoms with E-state index in [0.717, 1.165) is 24.0 Å². The van der Waals surface area contributed by atoms with Gasteiger partial charge in [-0.2, -0.15) is 5.10 Å². The first kappa shape index (κ1) is 21.5. The van der Waals surface area contributed by atoms with E-state index in [1.54, 1.807) is 29.0 Å². The molecule has 2 fully saturated rings. The van der Waals surface area contributed by atoms with Crippen LogP contribution in [0.25, 0.3) is 10.9 Å². The van der Waals surface area contributed by atoms with Crippen LogP contribution in [-0.4, -0.2) is 94.2 Å². The van der Waals surface area contributed by atoms with Gasteiger partial charge in [-0.05, 0) is 19.2 Å². The van der Waals surface area contributed by atoms with Gasteiger partial charge in [-0.1, -0.05) is 18.2 Å². The van der Waals surface area contributed by atoms with Crippen molar-refractivity contribution >= 4 is 22.7 Å². The van der Waals surface area contributed by atoms with E-state index < -0.39 is 6.10 Å². The summed E-state index contributed by atoms with van der Waals surface area (Å²) in [4.78, 5) is 37.1. The van der Waals surface area contributed by atoms with E-state index in [-0.39, 0.29) is 11.8 Å². The number of carbonyl (C=O) groups excluding carboxylic acids is 2. The molecular formula is C24H28N6O3. The Morgan fingerprint density at radius 2 is 1.79 bits per heavy atom. The third-order valence-corrected chi connectivity index (χ3v) is 6.39. The summed E-state index contributed by atoms with van der Waals surface area (Å²) in [5.41, 5.74) is 2.62. The van der Waals surface area contributed by atoms with Crippen LogP contribution in [-0.2, 0) is 11.8 Å². The first-order valence-corrected chi connectivity index (χ1v) is 11.3. The number of hydrogen-bond donors (Lipinski definition) is 0. The molecule has 0 spiro atoms. The van der Waals surface area contributed by atoms with Gasteiger partial charge >= 0.3 is 0 Å². The number of para-hydroxylation sites is 1. The van der Waals surface area contributed by atoms with Crippen molar-refractivity contribution in [3.8, 4) is 0 Å². The predicted octanol–water partition coefficient (Wildman–Crippen LogP) is 1.57. The van der Waals surface area contributed by atoms with Gasteiger partial charge in [0.25, 0.3) is 11.8 Å². The molecule has 0 unspecified atom stereocenters. The molecule has 33 heavy (non-hydrogen) atoms. The van der Waals surface area contributed by atoms with E-state index in [1.807, 2.05) is 35.2 Å². The molecule has 2 aliphatic rings. The molecule has 4 heterocycles. The minimum atomic E-state index is -0.400. The maximum atomic E-state index is 13.5. The smallest absolute Gasteiger partial charge is 0.257 e. The molecule has 0 radical (unpaired) electrons. The largest absolute Gasteiger partial charge is 0.368 e. The zero-order chi connectivity index (χ0) is 22.9. The molecule has 2 saturated heterocycles. The van der Waals surface area contributed by atoms with E-state index in [0.29, 0.717) is 49.6 Å². The molecule has 0 N–H and O–H groups in total. The number of aromatic nitrogens is 3. The molecule has 2 aliphatic heterocycles. The molecular weight excluding hydrogens is 420 g/mol. The topological polar surface area (TPSA) is 83.8 Å². The normalized spacial score (nSPS) is 19.8. The van der Waals surface area contributed by atoms with Crippen LogP contribution < -0.4 is 0 Å². The molecule has 2 aromatic heterocycles. The number of piperazine rings is 1. The first-order valence-electron chi connectivity index (χ1n) is 11.3. The molecule has 9 heteroatoms. The van der Waals surface area contributed by atoms with Crippen molar-refractivity contribution in [2.75, 3.05) is 52.9 Å². The van der Waals surface area contributed by atoms with Crippen molar-refractivity contribution in [1.82, 2.24) is 29.5 Å². The molecule has 5 rings (SSSR count). The third-order valence-electron chi connectivity index (χ3n) is 6.39. The molecule has 3 aromatic rings. The van der Waals surface area contributed by atoms with Gasteiger partial charge in [0.2, 0.25) is 0 Å². The first-order chi connectivity index (χ1) is 16.0. The van der Waals surface area contributed by atoms with Crippen LogP contribution in [0.4, 0.5) is 0 Å². The van der Waals surface area contributed by atoms with Crippen molar-refractivity contribution in [3.63, 3.8) is 0 Å². The monoisotopic (exact) mass is 448 g/mol. The Morgan fingerprint density at radius 3 is 2.55 bits per heavy atom. The predicted molar refractivity (Wildman–Crippen MR) is 123 cm³/mol.